The smallest absolute Gasteiger partial charge is 0.310 e. The summed E-state index contributed by atoms with van der Waals surface area (Å²) in [5.74, 6) is -0.195. The number of hydrogen-bond donors (Lipinski definition) is 0. The Balaban J connectivity index is 2.55. The van der Waals surface area contributed by atoms with E-state index in [-0.39, 0.29) is 12.4 Å². The summed E-state index contributed by atoms with van der Waals surface area (Å²) in [6.07, 6.45) is 0.281. The summed E-state index contributed by atoms with van der Waals surface area (Å²) in [4.78, 5) is 11.8. The summed E-state index contributed by atoms with van der Waals surface area (Å²) in [6.45, 7) is 8.85. The van der Waals surface area contributed by atoms with Gasteiger partial charge in [0.05, 0.1) is 13.0 Å². The van der Waals surface area contributed by atoms with E-state index in [1.54, 1.807) is 0 Å². The van der Waals surface area contributed by atoms with Gasteiger partial charge in [0, 0.05) is 0 Å². The zero-order valence-corrected chi connectivity index (χ0v) is 16.5. The van der Waals surface area contributed by atoms with Crippen LogP contribution in [0.2, 0.25) is 13.1 Å². The first-order valence-corrected chi connectivity index (χ1v) is 11.7. The second kappa shape index (κ2) is 8.66. The highest BCUT2D eigenvalue weighted by Crippen LogP contribution is 2.26. The van der Waals surface area contributed by atoms with Gasteiger partial charge in [-0.25, -0.2) is 0 Å². The lowest BCUT2D eigenvalue weighted by Gasteiger charge is -2.25. The van der Waals surface area contributed by atoms with Gasteiger partial charge in [0.2, 0.25) is 0 Å². The Morgan fingerprint density at radius 1 is 1.00 bits per heavy atom. The summed E-state index contributed by atoms with van der Waals surface area (Å²) < 4.78 is 5.07. The molecule has 0 atom stereocenters. The number of carbonyl (C=O) groups excluding carboxylic acids is 1. The quantitative estimate of drug-likeness (QED) is 0.428. The summed E-state index contributed by atoms with van der Waals surface area (Å²) in [6, 6.07) is 21.0. The molecule has 0 aromatic heterocycles. The van der Waals surface area contributed by atoms with Gasteiger partial charge in [0.15, 0.2) is 0 Å². The molecule has 0 heterocycles. The molecule has 0 aliphatic heterocycles. The Hall–Kier alpha value is -2.35. The maximum atomic E-state index is 11.8. The number of rotatable bonds is 6. The van der Waals surface area contributed by atoms with Crippen molar-refractivity contribution in [2.75, 3.05) is 6.61 Å². The maximum Gasteiger partial charge on any atom is 0.310 e. The SMILES string of the molecule is CCOC(=O)CC(C)=C=C(c1ccccc1)[Si](C)(C)c1ccccc1. The Morgan fingerprint density at radius 2 is 1.56 bits per heavy atom. The van der Waals surface area contributed by atoms with Crippen LogP contribution < -0.4 is 5.19 Å². The molecule has 0 aliphatic rings. The first-order valence-electron chi connectivity index (χ1n) is 8.68. The Morgan fingerprint density at radius 3 is 2.12 bits per heavy atom. The van der Waals surface area contributed by atoms with Crippen LogP contribution in [0.5, 0.6) is 0 Å². The fourth-order valence-electron chi connectivity index (χ4n) is 2.88. The molecule has 130 valence electrons. The lowest BCUT2D eigenvalue weighted by atomic mass is 10.2. The van der Waals surface area contributed by atoms with Crippen LogP contribution in [0.1, 0.15) is 25.8 Å². The lowest BCUT2D eigenvalue weighted by molar-refractivity contribution is -0.142. The summed E-state index contributed by atoms with van der Waals surface area (Å²) in [5.41, 5.74) is 5.64. The van der Waals surface area contributed by atoms with Gasteiger partial charge in [-0.15, -0.1) is 5.73 Å². The number of esters is 1. The third kappa shape index (κ3) is 5.06. The van der Waals surface area contributed by atoms with E-state index in [0.717, 1.165) is 5.57 Å². The molecule has 2 aromatic rings. The third-order valence-corrected chi connectivity index (χ3v) is 7.68. The zero-order valence-electron chi connectivity index (χ0n) is 15.5. The number of carbonyl (C=O) groups is 1. The molecule has 0 radical (unpaired) electrons. The molecule has 2 rings (SSSR count). The monoisotopic (exact) mass is 350 g/mol. The third-order valence-electron chi connectivity index (χ3n) is 4.24. The molecule has 0 bridgehead atoms. The van der Waals surface area contributed by atoms with Crippen molar-refractivity contribution in [2.45, 2.75) is 33.4 Å². The van der Waals surface area contributed by atoms with Gasteiger partial charge in [-0.2, -0.15) is 0 Å². The highest BCUT2D eigenvalue weighted by Gasteiger charge is 2.29. The standard InChI is InChI=1S/C22H26O2Si/c1-5-24-22(23)17-18(2)16-21(19-12-8-6-9-13-19)25(3,4)20-14-10-7-11-15-20/h6-15H,5,17H2,1-4H3. The molecule has 0 saturated heterocycles. The van der Waals surface area contributed by atoms with Crippen LogP contribution in [0.25, 0.3) is 5.20 Å². The molecule has 0 unspecified atom stereocenters. The van der Waals surface area contributed by atoms with Crippen LogP contribution in [0, 0.1) is 0 Å². The first kappa shape index (κ1) is 19.0. The van der Waals surface area contributed by atoms with Gasteiger partial charge < -0.3 is 4.74 Å². The molecular weight excluding hydrogens is 324 g/mol. The predicted molar refractivity (Wildman–Crippen MR) is 107 cm³/mol. The van der Waals surface area contributed by atoms with Gasteiger partial charge in [-0.05, 0) is 30.2 Å². The average molecular weight is 351 g/mol. The van der Waals surface area contributed by atoms with Crippen molar-refractivity contribution >= 4 is 24.4 Å². The van der Waals surface area contributed by atoms with E-state index in [9.17, 15) is 4.79 Å². The summed E-state index contributed by atoms with van der Waals surface area (Å²) in [5, 5.41) is 2.56. The second-order valence-corrected chi connectivity index (χ2v) is 10.9. The van der Waals surface area contributed by atoms with E-state index >= 15 is 0 Å². The Bertz CT molecular complexity index is 770. The van der Waals surface area contributed by atoms with Gasteiger partial charge in [-0.1, -0.05) is 78.9 Å². The molecule has 0 spiro atoms. The molecule has 2 nitrogen and oxygen atoms in total. The van der Waals surface area contributed by atoms with E-state index in [0.29, 0.717) is 6.61 Å². The minimum Gasteiger partial charge on any atom is -0.466 e. The van der Waals surface area contributed by atoms with Crippen LogP contribution in [0.15, 0.2) is 72.0 Å². The number of ether oxygens (including phenoxy) is 1. The van der Waals surface area contributed by atoms with Crippen molar-refractivity contribution in [1.82, 2.24) is 0 Å². The zero-order chi connectivity index (χ0) is 18.3. The predicted octanol–water partition coefficient (Wildman–Crippen LogP) is 4.72. The van der Waals surface area contributed by atoms with Crippen LogP contribution in [0.3, 0.4) is 0 Å². The van der Waals surface area contributed by atoms with E-state index in [1.165, 1.54) is 15.9 Å². The fourth-order valence-corrected chi connectivity index (χ4v) is 5.61. The maximum absolute atomic E-state index is 11.8. The van der Waals surface area contributed by atoms with E-state index in [2.05, 4.69) is 55.2 Å². The largest absolute Gasteiger partial charge is 0.466 e. The minimum atomic E-state index is -1.95. The molecule has 2 aromatic carbocycles. The molecule has 25 heavy (non-hydrogen) atoms. The van der Waals surface area contributed by atoms with Crippen LogP contribution in [-0.4, -0.2) is 20.7 Å². The van der Waals surface area contributed by atoms with E-state index < -0.39 is 8.07 Å². The molecule has 0 saturated carbocycles. The lowest BCUT2D eigenvalue weighted by Crippen LogP contribution is -2.42. The van der Waals surface area contributed by atoms with Crippen LogP contribution in [0.4, 0.5) is 0 Å². The number of hydrogen-bond acceptors (Lipinski definition) is 2. The number of benzene rings is 2. The normalized spacial score (nSPS) is 10.7. The van der Waals surface area contributed by atoms with Gasteiger partial charge in [-0.3, -0.25) is 4.79 Å². The summed E-state index contributed by atoms with van der Waals surface area (Å²) in [7, 11) is -1.95. The van der Waals surface area contributed by atoms with Crippen LogP contribution >= 0.6 is 0 Å². The molecule has 3 heteroatoms. The van der Waals surface area contributed by atoms with E-state index in [1.807, 2.05) is 38.1 Å². The van der Waals surface area contributed by atoms with Crippen molar-refractivity contribution < 1.29 is 9.53 Å². The van der Waals surface area contributed by atoms with Crippen molar-refractivity contribution in [1.29, 1.82) is 0 Å². The van der Waals surface area contributed by atoms with Crippen molar-refractivity contribution in [3.8, 4) is 0 Å². The van der Waals surface area contributed by atoms with Crippen molar-refractivity contribution in [3.05, 3.63) is 77.5 Å². The topological polar surface area (TPSA) is 26.3 Å². The molecule has 0 amide bonds. The molecule has 0 aliphatic carbocycles. The highest BCUT2D eigenvalue weighted by molar-refractivity contribution is 7.04. The summed E-state index contributed by atoms with van der Waals surface area (Å²) >= 11 is 0. The van der Waals surface area contributed by atoms with Gasteiger partial charge >= 0.3 is 5.97 Å². The average Bonchev–Trinajstić information content (AvgIpc) is 2.61. The van der Waals surface area contributed by atoms with Gasteiger partial charge in [0.25, 0.3) is 0 Å². The molecule has 0 fully saturated rings. The van der Waals surface area contributed by atoms with Crippen LogP contribution in [-0.2, 0) is 9.53 Å². The van der Waals surface area contributed by atoms with Crippen molar-refractivity contribution in [2.24, 2.45) is 0 Å². The first-order chi connectivity index (χ1) is 11.9. The van der Waals surface area contributed by atoms with Crippen molar-refractivity contribution in [3.63, 3.8) is 0 Å². The Kier molecular flexibility index (Phi) is 6.57. The minimum absolute atomic E-state index is 0.195. The molecule has 0 N–H and O–H groups in total. The van der Waals surface area contributed by atoms with E-state index in [4.69, 9.17) is 4.74 Å². The Labute approximate surface area is 151 Å². The van der Waals surface area contributed by atoms with Gasteiger partial charge in [0.1, 0.15) is 8.07 Å². The second-order valence-electron chi connectivity index (χ2n) is 6.62. The highest BCUT2D eigenvalue weighted by atomic mass is 28.3. The fraction of sp³-hybridized carbons (Fsp3) is 0.273. The molecular formula is C22H26O2Si.